The zero-order valence-electron chi connectivity index (χ0n) is 11.4. The fourth-order valence-corrected chi connectivity index (χ4v) is 3.67. The van der Waals surface area contributed by atoms with E-state index < -0.39 is 56.9 Å². The Bertz CT molecular complexity index is 545. The molecule has 7 N–H and O–H groups in total. The van der Waals surface area contributed by atoms with Crippen molar-refractivity contribution in [2.24, 2.45) is 0 Å². The van der Waals surface area contributed by atoms with E-state index in [0.29, 0.717) is 5.69 Å². The number of hydrogen-bond donors (Lipinski definition) is 7. The molecule has 5 atom stereocenters. The van der Waals surface area contributed by atoms with Gasteiger partial charge in [-0.3, -0.25) is 0 Å². The molecule has 9 nitrogen and oxygen atoms in total. The molecule has 1 saturated heterocycles. The molecule has 0 saturated carbocycles. The minimum atomic E-state index is -5.25. The third-order valence-electron chi connectivity index (χ3n) is 3.40. The van der Waals surface area contributed by atoms with Crippen LogP contribution in [0.3, 0.4) is 0 Å². The number of ether oxygens (including phenoxy) is 1. The molecule has 1 heterocycles. The average molecular weight is 426 g/mol. The van der Waals surface area contributed by atoms with Crippen LogP contribution in [0.15, 0.2) is 24.3 Å². The molecule has 1 aromatic rings. The van der Waals surface area contributed by atoms with E-state index in [1.54, 1.807) is 0 Å². The number of aliphatic hydroxyl groups is 4. The van der Waals surface area contributed by atoms with E-state index in [9.17, 15) is 18.3 Å². The molecule has 1 aliphatic heterocycles. The minimum absolute atomic E-state index is 0.0714. The summed E-state index contributed by atoms with van der Waals surface area (Å²) < 4.78 is 34.5. The summed E-state index contributed by atoms with van der Waals surface area (Å²) in [7, 11) is 0. The van der Waals surface area contributed by atoms with E-state index in [2.05, 4.69) is 5.32 Å². The van der Waals surface area contributed by atoms with Crippen LogP contribution < -0.4 is 8.83 Å². The van der Waals surface area contributed by atoms with E-state index in [4.69, 9.17) is 16.6 Å². The van der Waals surface area contributed by atoms with Crippen molar-refractivity contribution >= 4 is 28.8 Å². The Morgan fingerprint density at radius 1 is 1.05 bits per heavy atom. The Hall–Kier alpha value is -0.642. The molecule has 0 aliphatic carbocycles. The summed E-state index contributed by atoms with van der Waals surface area (Å²) in [6.07, 6.45) is -6.51. The van der Waals surface area contributed by atoms with Crippen molar-refractivity contribution in [2.45, 2.75) is 30.6 Å². The summed E-state index contributed by atoms with van der Waals surface area (Å²) in [6, 6.07) is 5.30. The maximum absolute atomic E-state index is 11.2. The summed E-state index contributed by atoms with van der Waals surface area (Å²) in [4.78, 5) is 0. The van der Waals surface area contributed by atoms with Gasteiger partial charge in [0, 0.05) is 0 Å². The van der Waals surface area contributed by atoms with Gasteiger partial charge in [0.05, 0.1) is 0 Å². The third kappa shape index (κ3) is 3.81. The summed E-state index contributed by atoms with van der Waals surface area (Å²) in [5.41, 5.74) is 0.391. The Kier molecular flexibility index (Phi) is 5.52. The van der Waals surface area contributed by atoms with E-state index >= 15 is 0 Å². The van der Waals surface area contributed by atoms with Crippen LogP contribution in [0.25, 0.3) is 0 Å². The van der Waals surface area contributed by atoms with Gasteiger partial charge in [-0.05, 0) is 0 Å². The fraction of sp³-hybridized carbons (Fsp3) is 0.500. The number of aliphatic hydroxyl groups excluding tert-OH is 4. The average Bonchev–Trinajstić information content (AvgIpc) is 2.47. The van der Waals surface area contributed by atoms with Crippen LogP contribution in [0.5, 0.6) is 0 Å². The predicted molar refractivity (Wildman–Crippen MR) is 74.3 cm³/mol. The first-order valence-electron chi connectivity index (χ1n) is 6.47. The van der Waals surface area contributed by atoms with Gasteiger partial charge in [-0.15, -0.1) is 0 Å². The molecule has 22 heavy (non-hydrogen) atoms. The van der Waals surface area contributed by atoms with Crippen molar-refractivity contribution in [1.29, 1.82) is 0 Å². The van der Waals surface area contributed by atoms with Crippen LogP contribution >= 0.6 is 0 Å². The molecule has 5 unspecified atom stereocenters. The van der Waals surface area contributed by atoms with Crippen molar-refractivity contribution in [3.8, 4) is 0 Å². The molecule has 124 valence electrons. The Labute approximate surface area is 130 Å². The van der Waals surface area contributed by atoms with Crippen molar-refractivity contribution < 1.29 is 35.0 Å². The standard InChI is InChI=1S/C12H16NO5.2H2O.O.Sb/c14-6-8-9(15)10(16)11(17)12(18-8)13-7-4-2-1-3-5-7;;;;/h2-5,8-17H,6H2;2*1H2;;/q;;;;+2/p-2. The molecule has 2 rings (SSSR count). The molecule has 0 aromatic heterocycles. The molecule has 0 bridgehead atoms. The molecular weight excluding hydrogens is 408 g/mol. The second-order valence-electron chi connectivity index (χ2n) is 4.98. The van der Waals surface area contributed by atoms with E-state index in [1.807, 2.05) is 0 Å². The molecule has 10 heteroatoms. The Morgan fingerprint density at radius 3 is 2.14 bits per heavy atom. The second kappa shape index (κ2) is 6.86. The molecule has 0 radical (unpaired) electrons. The quantitative estimate of drug-likeness (QED) is 0.242. The van der Waals surface area contributed by atoms with Crippen molar-refractivity contribution in [3.63, 3.8) is 0 Å². The van der Waals surface area contributed by atoms with Crippen LogP contribution in [0.4, 0.5) is 5.69 Å². The summed E-state index contributed by atoms with van der Waals surface area (Å²) in [5.74, 6) is 0. The van der Waals surface area contributed by atoms with Gasteiger partial charge in [-0.25, -0.2) is 0 Å². The Balaban J connectivity index is 2.11. The normalized spacial score (nSPS) is 32.7. The van der Waals surface area contributed by atoms with Crippen LogP contribution in [0.1, 0.15) is 0 Å². The second-order valence-corrected chi connectivity index (χ2v) is 9.56. The monoisotopic (exact) mass is 425 g/mol. The van der Waals surface area contributed by atoms with Gasteiger partial charge in [-0.1, -0.05) is 0 Å². The van der Waals surface area contributed by atoms with Gasteiger partial charge in [0.15, 0.2) is 0 Å². The topological polar surface area (TPSA) is 160 Å². The number of hydrogen-bond acceptors (Lipinski definition) is 7. The van der Waals surface area contributed by atoms with Crippen LogP contribution in [-0.2, 0) is 7.75 Å². The number of rotatable bonds is 4. The SMILES string of the molecule is [O]=[Sb]([OH])([OH])[c]1ccc(NC2OC(CO)C(O)C(O)C2O)cc1. The summed E-state index contributed by atoms with van der Waals surface area (Å²) >= 11 is -5.25. The first kappa shape index (κ1) is 17.7. The van der Waals surface area contributed by atoms with Crippen LogP contribution in [0.2, 0.25) is 0 Å². The third-order valence-corrected chi connectivity index (χ3v) is 6.18. The molecule has 0 spiro atoms. The first-order valence-corrected chi connectivity index (χ1v) is 11.1. The molecule has 0 amide bonds. The van der Waals surface area contributed by atoms with Gasteiger partial charge in [-0.2, -0.15) is 0 Å². The summed E-state index contributed by atoms with van der Waals surface area (Å²) in [6.45, 7) is -0.538. The maximum atomic E-state index is 11.2. The number of benzene rings is 1. The van der Waals surface area contributed by atoms with Crippen LogP contribution in [0, 0.1) is 0 Å². The van der Waals surface area contributed by atoms with Crippen molar-refractivity contribution in [1.82, 2.24) is 0 Å². The van der Waals surface area contributed by atoms with Gasteiger partial charge >= 0.3 is 131 Å². The van der Waals surface area contributed by atoms with Gasteiger partial charge in [0.1, 0.15) is 0 Å². The molecule has 1 aliphatic rings. The van der Waals surface area contributed by atoms with E-state index in [1.165, 1.54) is 24.3 Å². The van der Waals surface area contributed by atoms with Gasteiger partial charge < -0.3 is 0 Å². The first-order chi connectivity index (χ1) is 10.2. The molecule has 1 aromatic carbocycles. The predicted octanol–water partition coefficient (Wildman–Crippen LogP) is -3.54. The van der Waals surface area contributed by atoms with E-state index in [-0.39, 0.29) is 3.51 Å². The van der Waals surface area contributed by atoms with Gasteiger partial charge in [0.25, 0.3) is 0 Å². The van der Waals surface area contributed by atoms with Gasteiger partial charge in [0.2, 0.25) is 0 Å². The zero-order valence-corrected chi connectivity index (χ0v) is 13.9. The summed E-state index contributed by atoms with van der Waals surface area (Å²) in [5, 5.41) is 41.0. The van der Waals surface area contributed by atoms with Crippen LogP contribution in [-0.4, -0.2) is 84.1 Å². The fourth-order valence-electron chi connectivity index (χ4n) is 2.14. The Morgan fingerprint density at radius 2 is 1.64 bits per heavy atom. The number of nitrogens with one attached hydrogen (secondary N) is 1. The van der Waals surface area contributed by atoms with Crippen molar-refractivity contribution in [2.75, 3.05) is 11.9 Å². The van der Waals surface area contributed by atoms with Crippen molar-refractivity contribution in [3.05, 3.63) is 24.3 Å². The molecule has 1 fully saturated rings. The zero-order chi connectivity index (χ0) is 16.5. The number of anilines is 1. The molecular formula is C12H18NO8Sb. The van der Waals surface area contributed by atoms with E-state index in [0.717, 1.165) is 0 Å².